The number of nitrogens with zero attached hydrogens (tertiary/aromatic N) is 1. The van der Waals surface area contributed by atoms with E-state index in [9.17, 15) is 0 Å². The maximum absolute atomic E-state index is 6.15. The lowest BCUT2D eigenvalue weighted by Crippen LogP contribution is -2.22. The summed E-state index contributed by atoms with van der Waals surface area (Å²) in [4.78, 5) is 4.31. The van der Waals surface area contributed by atoms with Gasteiger partial charge in [-0.1, -0.05) is 30.1 Å². The van der Waals surface area contributed by atoms with E-state index in [2.05, 4.69) is 17.2 Å². The molecule has 0 aliphatic heterocycles. The average Bonchev–Trinajstić information content (AvgIpc) is 2.28. The van der Waals surface area contributed by atoms with Crippen LogP contribution in [0.1, 0.15) is 31.5 Å². The zero-order valence-corrected chi connectivity index (χ0v) is 11.7. The number of hydrogen-bond donors (Lipinski definition) is 1. The van der Waals surface area contributed by atoms with Crippen molar-refractivity contribution in [2.24, 2.45) is 0 Å². The molecular formula is C12H18Cl2N2O. The number of pyridine rings is 1. The largest absolute Gasteiger partial charge is 0.385 e. The monoisotopic (exact) mass is 276 g/mol. The molecule has 0 aliphatic carbocycles. The van der Waals surface area contributed by atoms with Gasteiger partial charge in [0.15, 0.2) is 0 Å². The molecule has 1 atom stereocenters. The van der Waals surface area contributed by atoms with E-state index in [0.29, 0.717) is 10.0 Å². The van der Waals surface area contributed by atoms with Crippen LogP contribution in [0, 0.1) is 0 Å². The first-order valence-electron chi connectivity index (χ1n) is 5.72. The van der Waals surface area contributed by atoms with Gasteiger partial charge in [-0.2, -0.15) is 0 Å². The van der Waals surface area contributed by atoms with Gasteiger partial charge in [-0.3, -0.25) is 4.98 Å². The molecule has 3 nitrogen and oxygen atoms in total. The Hall–Kier alpha value is -0.350. The molecule has 0 spiro atoms. The maximum Gasteiger partial charge on any atom is 0.0760 e. The quantitative estimate of drug-likeness (QED) is 0.775. The molecule has 17 heavy (non-hydrogen) atoms. The van der Waals surface area contributed by atoms with E-state index in [1.54, 1.807) is 19.4 Å². The van der Waals surface area contributed by atoms with Gasteiger partial charge in [0, 0.05) is 19.9 Å². The van der Waals surface area contributed by atoms with Crippen molar-refractivity contribution in [3.05, 3.63) is 28.0 Å². The van der Waals surface area contributed by atoms with Gasteiger partial charge in [-0.25, -0.2) is 0 Å². The summed E-state index contributed by atoms with van der Waals surface area (Å²) in [6.45, 7) is 3.68. The Balaban J connectivity index is 2.74. The fourth-order valence-corrected chi connectivity index (χ4v) is 2.21. The van der Waals surface area contributed by atoms with Crippen LogP contribution < -0.4 is 5.32 Å². The molecule has 0 saturated carbocycles. The van der Waals surface area contributed by atoms with Crippen molar-refractivity contribution < 1.29 is 4.74 Å². The van der Waals surface area contributed by atoms with Crippen LogP contribution in [0.3, 0.4) is 0 Å². The van der Waals surface area contributed by atoms with E-state index in [1.807, 2.05) is 0 Å². The highest BCUT2D eigenvalue weighted by atomic mass is 35.5. The molecule has 1 unspecified atom stereocenters. The zero-order valence-electron chi connectivity index (χ0n) is 10.2. The van der Waals surface area contributed by atoms with E-state index in [1.165, 1.54) is 0 Å². The minimum Gasteiger partial charge on any atom is -0.385 e. The molecular weight excluding hydrogens is 259 g/mol. The van der Waals surface area contributed by atoms with Gasteiger partial charge in [-0.15, -0.1) is 0 Å². The molecule has 5 heteroatoms. The molecule has 96 valence electrons. The average molecular weight is 277 g/mol. The van der Waals surface area contributed by atoms with Gasteiger partial charge in [0.1, 0.15) is 0 Å². The Kier molecular flexibility index (Phi) is 6.82. The maximum atomic E-state index is 6.15. The number of aromatic nitrogens is 1. The van der Waals surface area contributed by atoms with E-state index in [0.717, 1.165) is 31.7 Å². The lowest BCUT2D eigenvalue weighted by Gasteiger charge is -2.18. The molecule has 0 fully saturated rings. The number of methoxy groups -OCH3 is 1. The van der Waals surface area contributed by atoms with Gasteiger partial charge < -0.3 is 10.1 Å². The Labute approximate surface area is 112 Å². The summed E-state index contributed by atoms with van der Waals surface area (Å²) in [7, 11) is 1.70. The molecule has 0 amide bonds. The van der Waals surface area contributed by atoms with Crippen molar-refractivity contribution in [2.45, 2.75) is 25.8 Å². The molecule has 1 heterocycles. The zero-order chi connectivity index (χ0) is 12.7. The van der Waals surface area contributed by atoms with E-state index in [4.69, 9.17) is 27.9 Å². The van der Waals surface area contributed by atoms with Crippen molar-refractivity contribution in [1.82, 2.24) is 10.3 Å². The van der Waals surface area contributed by atoms with Crippen molar-refractivity contribution >= 4 is 23.2 Å². The highest BCUT2D eigenvalue weighted by Crippen LogP contribution is 2.26. The van der Waals surface area contributed by atoms with E-state index in [-0.39, 0.29) is 6.04 Å². The van der Waals surface area contributed by atoms with Gasteiger partial charge >= 0.3 is 0 Å². The molecule has 1 aromatic rings. The third-order valence-electron chi connectivity index (χ3n) is 2.46. The normalized spacial score (nSPS) is 12.7. The Bertz CT molecular complexity index is 347. The minimum atomic E-state index is 0.153. The fraction of sp³-hybridized carbons (Fsp3) is 0.583. The van der Waals surface area contributed by atoms with E-state index < -0.39 is 0 Å². The third-order valence-corrected chi connectivity index (χ3v) is 2.97. The van der Waals surface area contributed by atoms with Crippen molar-refractivity contribution in [3.8, 4) is 0 Å². The second-order valence-electron chi connectivity index (χ2n) is 3.77. The van der Waals surface area contributed by atoms with E-state index >= 15 is 0 Å². The standard InChI is InChI=1S/C12H18Cl2N2O/c1-3-15-11(5-4-6-17-2)12-10(14)7-9(13)8-16-12/h7-8,11,15H,3-6H2,1-2H3. The van der Waals surface area contributed by atoms with Crippen LogP contribution in [0.25, 0.3) is 0 Å². The van der Waals surface area contributed by atoms with Crippen LogP contribution in [0.4, 0.5) is 0 Å². The second-order valence-corrected chi connectivity index (χ2v) is 4.61. The van der Waals surface area contributed by atoms with Gasteiger partial charge in [0.25, 0.3) is 0 Å². The summed E-state index contributed by atoms with van der Waals surface area (Å²) in [6.07, 6.45) is 3.54. The number of ether oxygens (including phenoxy) is 1. The minimum absolute atomic E-state index is 0.153. The lowest BCUT2D eigenvalue weighted by atomic mass is 10.1. The summed E-state index contributed by atoms with van der Waals surface area (Å²) in [5.41, 5.74) is 0.856. The third kappa shape index (κ3) is 4.80. The molecule has 1 N–H and O–H groups in total. The molecule has 0 bridgehead atoms. The number of nitrogens with one attached hydrogen (secondary N) is 1. The molecule has 1 aromatic heterocycles. The summed E-state index contributed by atoms with van der Waals surface area (Å²) in [5, 5.41) is 4.55. The second kappa shape index (κ2) is 7.88. The first-order valence-corrected chi connectivity index (χ1v) is 6.47. The molecule has 0 radical (unpaired) electrons. The van der Waals surface area contributed by atoms with Gasteiger partial charge in [-0.05, 0) is 25.5 Å². The molecule has 0 aliphatic rings. The van der Waals surface area contributed by atoms with Crippen molar-refractivity contribution in [2.75, 3.05) is 20.3 Å². The van der Waals surface area contributed by atoms with Crippen LogP contribution in [0.5, 0.6) is 0 Å². The fourth-order valence-electron chi connectivity index (χ4n) is 1.70. The smallest absolute Gasteiger partial charge is 0.0760 e. The highest BCUT2D eigenvalue weighted by Gasteiger charge is 2.15. The Morgan fingerprint density at radius 3 is 2.82 bits per heavy atom. The van der Waals surface area contributed by atoms with Crippen LogP contribution in [-0.2, 0) is 4.74 Å². The topological polar surface area (TPSA) is 34.1 Å². The molecule has 1 rings (SSSR count). The molecule has 0 aromatic carbocycles. The van der Waals surface area contributed by atoms with Crippen LogP contribution in [0.2, 0.25) is 10.0 Å². The first-order chi connectivity index (χ1) is 8.19. The van der Waals surface area contributed by atoms with Gasteiger partial charge in [0.05, 0.1) is 21.8 Å². The Morgan fingerprint density at radius 2 is 2.24 bits per heavy atom. The molecule has 0 saturated heterocycles. The summed E-state index contributed by atoms with van der Waals surface area (Å²) in [5.74, 6) is 0. The first kappa shape index (κ1) is 14.7. The SMILES string of the molecule is CCNC(CCCOC)c1ncc(Cl)cc1Cl. The van der Waals surface area contributed by atoms with Gasteiger partial charge in [0.2, 0.25) is 0 Å². The van der Waals surface area contributed by atoms with Crippen LogP contribution in [0.15, 0.2) is 12.3 Å². The predicted octanol–water partition coefficient (Wildman–Crippen LogP) is 3.47. The highest BCUT2D eigenvalue weighted by molar-refractivity contribution is 6.34. The summed E-state index contributed by atoms with van der Waals surface area (Å²) < 4.78 is 5.05. The number of halogens is 2. The van der Waals surface area contributed by atoms with Crippen molar-refractivity contribution in [1.29, 1.82) is 0 Å². The van der Waals surface area contributed by atoms with Crippen LogP contribution in [-0.4, -0.2) is 25.2 Å². The summed E-state index contributed by atoms with van der Waals surface area (Å²) in [6, 6.07) is 1.88. The lowest BCUT2D eigenvalue weighted by molar-refractivity contribution is 0.188. The van der Waals surface area contributed by atoms with Crippen molar-refractivity contribution in [3.63, 3.8) is 0 Å². The predicted molar refractivity (Wildman–Crippen MR) is 71.8 cm³/mol. The number of rotatable bonds is 7. The summed E-state index contributed by atoms with van der Waals surface area (Å²) >= 11 is 12.0. The van der Waals surface area contributed by atoms with Crippen LogP contribution >= 0.6 is 23.2 Å². The Morgan fingerprint density at radius 1 is 1.47 bits per heavy atom. The number of hydrogen-bond acceptors (Lipinski definition) is 3.